The Labute approximate surface area is 183 Å². The Balaban J connectivity index is 1.73. The number of hydrogen-bond donors (Lipinski definition) is 1. The number of rotatable bonds is 8. The summed E-state index contributed by atoms with van der Waals surface area (Å²) < 4.78 is 4.95. The van der Waals surface area contributed by atoms with Crippen molar-refractivity contribution in [2.24, 2.45) is 0 Å². The van der Waals surface area contributed by atoms with Crippen molar-refractivity contribution in [3.05, 3.63) is 76.6 Å². The van der Waals surface area contributed by atoms with Gasteiger partial charge in [-0.15, -0.1) is 0 Å². The molecule has 31 heavy (non-hydrogen) atoms. The predicted octanol–water partition coefficient (Wildman–Crippen LogP) is 4.06. The minimum absolute atomic E-state index is 0.0553. The number of Topliss-reactive ketones (excluding diaryl/α,β-unsaturated/α-hetero) is 1. The van der Waals surface area contributed by atoms with E-state index in [0.717, 1.165) is 23.2 Å². The van der Waals surface area contributed by atoms with E-state index in [-0.39, 0.29) is 18.3 Å². The quantitative estimate of drug-likeness (QED) is 0.396. The van der Waals surface area contributed by atoms with Crippen molar-refractivity contribution in [3.63, 3.8) is 0 Å². The first-order valence-electron chi connectivity index (χ1n) is 10.6. The van der Waals surface area contributed by atoms with E-state index in [9.17, 15) is 9.59 Å². The standard InChI is InChI=1S/C25H29N3O3/c1-5-20-11-10-18-15-28(24(26)23(18)27-20)16-21(29)17-8-7-9-19(14-17)25(3,4)13-12-22(30)31-6-2/h7-14,26H,5-6,15-16H2,1-4H3/b13-12+,26-24?. The monoisotopic (exact) mass is 419 g/mol. The number of aromatic nitrogens is 1. The van der Waals surface area contributed by atoms with E-state index < -0.39 is 5.41 Å². The Morgan fingerprint density at radius 2 is 2.00 bits per heavy atom. The number of carbonyl (C=O) groups excluding carboxylic acids is 2. The number of carbonyl (C=O) groups is 2. The average molecular weight is 420 g/mol. The molecule has 0 radical (unpaired) electrons. The van der Waals surface area contributed by atoms with Gasteiger partial charge in [0.25, 0.3) is 0 Å². The van der Waals surface area contributed by atoms with Crippen LogP contribution >= 0.6 is 0 Å². The van der Waals surface area contributed by atoms with Crippen LogP contribution < -0.4 is 0 Å². The van der Waals surface area contributed by atoms with Gasteiger partial charge in [-0.05, 0) is 31.0 Å². The first-order chi connectivity index (χ1) is 14.7. The number of nitrogens with one attached hydrogen (secondary N) is 1. The smallest absolute Gasteiger partial charge is 0.330 e. The van der Waals surface area contributed by atoms with Crippen LogP contribution in [0.25, 0.3) is 0 Å². The van der Waals surface area contributed by atoms with Crippen molar-refractivity contribution < 1.29 is 14.3 Å². The number of nitrogens with zero attached hydrogens (tertiary/aromatic N) is 2. The SMILES string of the molecule is CCOC(=O)/C=C/C(C)(C)c1cccc(C(=O)CN2Cc3ccc(CC)nc3C2=N)c1. The number of ether oxygens (including phenoxy) is 1. The summed E-state index contributed by atoms with van der Waals surface area (Å²) >= 11 is 0. The van der Waals surface area contributed by atoms with Gasteiger partial charge >= 0.3 is 5.97 Å². The number of hydrogen-bond acceptors (Lipinski definition) is 5. The van der Waals surface area contributed by atoms with Crippen LogP contribution in [0.2, 0.25) is 0 Å². The molecule has 1 aromatic carbocycles. The van der Waals surface area contributed by atoms with Crippen molar-refractivity contribution in [1.82, 2.24) is 9.88 Å². The molecular weight excluding hydrogens is 390 g/mol. The zero-order chi connectivity index (χ0) is 22.6. The highest BCUT2D eigenvalue weighted by Crippen LogP contribution is 2.27. The summed E-state index contributed by atoms with van der Waals surface area (Å²) in [5, 5.41) is 8.44. The lowest BCUT2D eigenvalue weighted by atomic mass is 9.83. The minimum Gasteiger partial charge on any atom is -0.463 e. The lowest BCUT2D eigenvalue weighted by Crippen LogP contribution is -2.30. The topological polar surface area (TPSA) is 83.4 Å². The van der Waals surface area contributed by atoms with E-state index >= 15 is 0 Å². The fourth-order valence-corrected chi connectivity index (χ4v) is 3.55. The normalized spacial score (nSPS) is 13.5. The van der Waals surface area contributed by atoms with Crippen molar-refractivity contribution in [2.75, 3.05) is 13.2 Å². The van der Waals surface area contributed by atoms with E-state index in [1.54, 1.807) is 24.0 Å². The first-order valence-corrected chi connectivity index (χ1v) is 10.6. The molecule has 6 nitrogen and oxygen atoms in total. The maximum Gasteiger partial charge on any atom is 0.330 e. The third-order valence-electron chi connectivity index (χ3n) is 5.49. The van der Waals surface area contributed by atoms with Crippen LogP contribution in [0.3, 0.4) is 0 Å². The second-order valence-corrected chi connectivity index (χ2v) is 8.18. The van der Waals surface area contributed by atoms with Crippen LogP contribution in [-0.2, 0) is 27.9 Å². The van der Waals surface area contributed by atoms with Crippen molar-refractivity contribution in [3.8, 4) is 0 Å². The Kier molecular flexibility index (Phi) is 6.68. The molecule has 6 heteroatoms. The van der Waals surface area contributed by atoms with Crippen molar-refractivity contribution in [2.45, 2.75) is 46.1 Å². The zero-order valence-corrected chi connectivity index (χ0v) is 18.6. The second-order valence-electron chi connectivity index (χ2n) is 8.18. The van der Waals surface area contributed by atoms with Gasteiger partial charge < -0.3 is 9.64 Å². The van der Waals surface area contributed by atoms with Gasteiger partial charge in [0.1, 0.15) is 11.5 Å². The number of esters is 1. The number of allylic oxidation sites excluding steroid dienone is 1. The highest BCUT2D eigenvalue weighted by atomic mass is 16.5. The van der Waals surface area contributed by atoms with Crippen LogP contribution in [0.15, 0.2) is 48.6 Å². The Morgan fingerprint density at radius 3 is 2.71 bits per heavy atom. The molecule has 2 aromatic rings. The van der Waals surface area contributed by atoms with E-state index in [2.05, 4.69) is 4.98 Å². The molecule has 2 heterocycles. The van der Waals surface area contributed by atoms with Gasteiger partial charge in [-0.2, -0.15) is 0 Å². The number of pyridine rings is 1. The lowest BCUT2D eigenvalue weighted by Gasteiger charge is -2.22. The summed E-state index contributed by atoms with van der Waals surface area (Å²) in [5.41, 5.74) is 3.66. The third kappa shape index (κ3) is 5.08. The number of benzene rings is 1. The van der Waals surface area contributed by atoms with Gasteiger partial charge in [0.2, 0.25) is 0 Å². The largest absolute Gasteiger partial charge is 0.463 e. The zero-order valence-electron chi connectivity index (χ0n) is 18.6. The highest BCUT2D eigenvalue weighted by Gasteiger charge is 2.28. The Bertz CT molecular complexity index is 1040. The molecule has 0 bridgehead atoms. The summed E-state index contributed by atoms with van der Waals surface area (Å²) in [6.07, 6.45) is 4.03. The van der Waals surface area contributed by atoms with E-state index in [4.69, 9.17) is 10.1 Å². The molecule has 1 aliphatic rings. The molecule has 0 aliphatic carbocycles. The molecule has 162 valence electrons. The van der Waals surface area contributed by atoms with E-state index in [1.807, 2.05) is 51.1 Å². The molecule has 3 rings (SSSR count). The Hall–Kier alpha value is -3.28. The van der Waals surface area contributed by atoms with Crippen LogP contribution in [0, 0.1) is 5.41 Å². The first kappa shape index (κ1) is 22.4. The molecule has 1 N–H and O–H groups in total. The molecular formula is C25H29N3O3. The summed E-state index contributed by atoms with van der Waals surface area (Å²) in [6.45, 7) is 8.74. The van der Waals surface area contributed by atoms with Gasteiger partial charge in [0, 0.05) is 34.9 Å². The highest BCUT2D eigenvalue weighted by molar-refractivity contribution is 6.04. The van der Waals surface area contributed by atoms with Gasteiger partial charge in [0.15, 0.2) is 5.78 Å². The maximum atomic E-state index is 13.0. The van der Waals surface area contributed by atoms with Gasteiger partial charge in [-0.25, -0.2) is 9.78 Å². The molecule has 0 fully saturated rings. The number of amidine groups is 1. The fourth-order valence-electron chi connectivity index (χ4n) is 3.55. The van der Waals surface area contributed by atoms with Gasteiger partial charge in [0.05, 0.1) is 13.2 Å². The number of aryl methyl sites for hydroxylation is 1. The molecule has 0 saturated carbocycles. The molecule has 0 spiro atoms. The summed E-state index contributed by atoms with van der Waals surface area (Å²) in [6, 6.07) is 11.4. The Morgan fingerprint density at radius 1 is 1.23 bits per heavy atom. The summed E-state index contributed by atoms with van der Waals surface area (Å²) in [5.74, 6) is -0.137. The van der Waals surface area contributed by atoms with Crippen LogP contribution in [0.4, 0.5) is 0 Å². The van der Waals surface area contributed by atoms with E-state index in [0.29, 0.717) is 30.2 Å². The van der Waals surface area contributed by atoms with Gasteiger partial charge in [-0.1, -0.05) is 51.1 Å². The molecule has 1 aromatic heterocycles. The third-order valence-corrected chi connectivity index (χ3v) is 5.49. The number of fused-ring (bicyclic) bond motifs is 1. The predicted molar refractivity (Wildman–Crippen MR) is 120 cm³/mol. The van der Waals surface area contributed by atoms with E-state index in [1.165, 1.54) is 6.08 Å². The van der Waals surface area contributed by atoms with Crippen LogP contribution in [-0.4, -0.2) is 40.6 Å². The molecule has 0 unspecified atom stereocenters. The molecule has 1 aliphatic heterocycles. The molecule has 0 atom stereocenters. The van der Waals surface area contributed by atoms with Crippen LogP contribution in [0.5, 0.6) is 0 Å². The average Bonchev–Trinajstić information content (AvgIpc) is 3.07. The van der Waals surface area contributed by atoms with Crippen LogP contribution in [0.1, 0.15) is 60.6 Å². The van der Waals surface area contributed by atoms with Crippen molar-refractivity contribution in [1.29, 1.82) is 5.41 Å². The summed E-state index contributed by atoms with van der Waals surface area (Å²) in [7, 11) is 0. The van der Waals surface area contributed by atoms with Crippen molar-refractivity contribution >= 4 is 17.6 Å². The summed E-state index contributed by atoms with van der Waals surface area (Å²) in [4.78, 5) is 31.0. The maximum absolute atomic E-state index is 13.0. The van der Waals surface area contributed by atoms with Gasteiger partial charge in [-0.3, -0.25) is 10.2 Å². The molecule has 0 amide bonds. The molecule has 0 saturated heterocycles. The minimum atomic E-state index is -0.444. The fraction of sp³-hybridized carbons (Fsp3) is 0.360. The lowest BCUT2D eigenvalue weighted by molar-refractivity contribution is -0.137. The second kappa shape index (κ2) is 9.25. The number of ketones is 1.